The van der Waals surface area contributed by atoms with Gasteiger partial charge in [0.05, 0.1) is 12.5 Å². The third-order valence-corrected chi connectivity index (χ3v) is 2.90. The molecule has 3 rings (SSSR count). The van der Waals surface area contributed by atoms with E-state index in [2.05, 4.69) is 17.4 Å². The third-order valence-electron chi connectivity index (χ3n) is 2.90. The molecular formula is C12H11FINO3S. The first-order valence-electron chi connectivity index (χ1n) is 5.52. The minimum atomic E-state index is -0.354. The molecule has 4 nitrogen and oxygen atoms in total. The molecule has 1 N–H and O–H groups in total. The number of hydrogen-bond donors (Lipinski definition) is 1. The van der Waals surface area contributed by atoms with Crippen LogP contribution in [-0.4, -0.2) is 33.5 Å². The Morgan fingerprint density at radius 2 is 2.32 bits per heavy atom. The molecule has 0 fully saturated rings. The molecule has 102 valence electrons. The van der Waals surface area contributed by atoms with Gasteiger partial charge in [0.25, 0.3) is 0 Å². The molecule has 0 saturated carbocycles. The predicted octanol–water partition coefficient (Wildman–Crippen LogP) is 2.31. The van der Waals surface area contributed by atoms with Gasteiger partial charge in [-0.1, -0.05) is 17.4 Å². The molecule has 19 heavy (non-hydrogen) atoms. The first kappa shape index (κ1) is 14.6. The van der Waals surface area contributed by atoms with Gasteiger partial charge in [-0.2, -0.15) is 0 Å². The van der Waals surface area contributed by atoms with Crippen molar-refractivity contribution in [1.82, 2.24) is 0 Å². The summed E-state index contributed by atoms with van der Waals surface area (Å²) in [5.41, 5.74) is 1.48. The van der Waals surface area contributed by atoms with Crippen LogP contribution in [0.4, 0.5) is 4.39 Å². The van der Waals surface area contributed by atoms with Gasteiger partial charge in [-0.3, -0.25) is 0 Å². The molecule has 2 unspecified atom stereocenters. The van der Waals surface area contributed by atoms with E-state index in [9.17, 15) is 4.39 Å². The molecule has 0 amide bonds. The van der Waals surface area contributed by atoms with Gasteiger partial charge in [0, 0.05) is 15.0 Å². The molecule has 0 saturated heterocycles. The summed E-state index contributed by atoms with van der Waals surface area (Å²) in [4.78, 5) is 5.10. The molecule has 2 aliphatic heterocycles. The Morgan fingerprint density at radius 3 is 3.00 bits per heavy atom. The van der Waals surface area contributed by atoms with Gasteiger partial charge >= 0.3 is 0 Å². The van der Waals surface area contributed by atoms with Crippen molar-refractivity contribution in [2.45, 2.75) is 6.10 Å². The Morgan fingerprint density at radius 1 is 1.58 bits per heavy atom. The molecule has 1 aromatic carbocycles. The molecule has 0 bridgehead atoms. The second-order valence-electron chi connectivity index (χ2n) is 3.95. The Balaban J connectivity index is 0.000000408. The number of hydrogen-bond acceptors (Lipinski definition) is 5. The van der Waals surface area contributed by atoms with E-state index >= 15 is 0 Å². The quantitative estimate of drug-likeness (QED) is 0.451. The van der Waals surface area contributed by atoms with Crippen LogP contribution in [0.1, 0.15) is 5.56 Å². The van der Waals surface area contributed by atoms with Crippen molar-refractivity contribution in [3.05, 3.63) is 29.6 Å². The number of aliphatic hydroxyl groups is 1. The van der Waals surface area contributed by atoms with Crippen molar-refractivity contribution in [3.8, 4) is 5.75 Å². The number of fused-ring (bicyclic) bond motifs is 3. The van der Waals surface area contributed by atoms with E-state index in [0.29, 0.717) is 12.4 Å². The highest BCUT2D eigenvalue weighted by Crippen LogP contribution is 2.33. The zero-order valence-electron chi connectivity index (χ0n) is 9.75. The van der Waals surface area contributed by atoms with E-state index in [0.717, 1.165) is 11.3 Å². The molecule has 0 aromatic heterocycles. The average Bonchev–Trinajstić information content (AvgIpc) is 2.82. The van der Waals surface area contributed by atoms with Crippen LogP contribution in [0.25, 0.3) is 0 Å². The van der Waals surface area contributed by atoms with Crippen LogP contribution in [-0.2, 0) is 4.84 Å². The summed E-state index contributed by atoms with van der Waals surface area (Å²) in [6, 6.07) is 4.32. The lowest BCUT2D eigenvalue weighted by Crippen LogP contribution is -2.35. The van der Waals surface area contributed by atoms with Crippen molar-refractivity contribution >= 4 is 43.9 Å². The molecule has 2 heterocycles. The predicted molar refractivity (Wildman–Crippen MR) is 81.6 cm³/mol. The highest BCUT2D eigenvalue weighted by atomic mass is 127. The maximum atomic E-state index is 13.0. The summed E-state index contributed by atoms with van der Waals surface area (Å²) in [7, 11) is 0. The zero-order chi connectivity index (χ0) is 13.8. The number of halogens is 2. The van der Waals surface area contributed by atoms with Crippen LogP contribution in [0.15, 0.2) is 23.4 Å². The average molecular weight is 395 g/mol. The summed E-state index contributed by atoms with van der Waals surface area (Å²) >= 11 is 6.23. The summed E-state index contributed by atoms with van der Waals surface area (Å²) < 4.78 is 20.0. The Labute approximate surface area is 128 Å². The second-order valence-corrected chi connectivity index (χ2v) is 5.65. The van der Waals surface area contributed by atoms with E-state index in [-0.39, 0.29) is 24.4 Å². The molecule has 0 aliphatic carbocycles. The Hall–Kier alpha value is -0.800. The lowest BCUT2D eigenvalue weighted by molar-refractivity contribution is 0.00845. The fraction of sp³-hybridized carbons (Fsp3) is 0.333. The fourth-order valence-electron chi connectivity index (χ4n) is 2.04. The number of rotatable bonds is 1. The molecular weight excluding hydrogens is 384 g/mol. The van der Waals surface area contributed by atoms with Crippen LogP contribution < -0.4 is 4.74 Å². The van der Waals surface area contributed by atoms with Gasteiger partial charge in [0.2, 0.25) is 0 Å². The fourth-order valence-corrected chi connectivity index (χ4v) is 2.04. The van der Waals surface area contributed by atoms with Gasteiger partial charge < -0.3 is 14.7 Å². The van der Waals surface area contributed by atoms with Gasteiger partial charge in [0.1, 0.15) is 23.9 Å². The highest BCUT2D eigenvalue weighted by molar-refractivity contribution is 14.1. The van der Waals surface area contributed by atoms with Crippen molar-refractivity contribution in [2.24, 2.45) is 11.1 Å². The SMILES string of the molecule is OCC1ON=C2c3ccc(F)cc3OCC21.S=CI. The van der Waals surface area contributed by atoms with Crippen LogP contribution in [0.3, 0.4) is 0 Å². The van der Waals surface area contributed by atoms with Crippen LogP contribution in [0.2, 0.25) is 0 Å². The maximum absolute atomic E-state index is 13.0. The third kappa shape index (κ3) is 3.03. The van der Waals surface area contributed by atoms with Gasteiger partial charge in [-0.25, -0.2) is 4.39 Å². The zero-order valence-corrected chi connectivity index (χ0v) is 12.7. The van der Waals surface area contributed by atoms with E-state index in [1.807, 2.05) is 22.6 Å². The van der Waals surface area contributed by atoms with Gasteiger partial charge in [-0.05, 0) is 34.7 Å². The maximum Gasteiger partial charge on any atom is 0.162 e. The minimum Gasteiger partial charge on any atom is -0.492 e. The Bertz CT molecular complexity index is 512. The summed E-state index contributed by atoms with van der Waals surface area (Å²) in [5.74, 6) is 0.0792. The lowest BCUT2D eigenvalue weighted by atomic mass is 9.91. The molecule has 7 heteroatoms. The van der Waals surface area contributed by atoms with Gasteiger partial charge in [0.15, 0.2) is 6.10 Å². The van der Waals surface area contributed by atoms with Crippen molar-refractivity contribution < 1.29 is 19.1 Å². The highest BCUT2D eigenvalue weighted by Gasteiger charge is 2.39. The van der Waals surface area contributed by atoms with Crippen LogP contribution >= 0.6 is 34.8 Å². The van der Waals surface area contributed by atoms with E-state index < -0.39 is 0 Å². The summed E-state index contributed by atoms with van der Waals surface area (Å²) in [5, 5.41) is 13.0. The molecule has 2 aliphatic rings. The number of thiocarbonyl (C=S) groups is 1. The van der Waals surface area contributed by atoms with Gasteiger partial charge in [-0.15, -0.1) is 0 Å². The van der Waals surface area contributed by atoms with Crippen LogP contribution in [0, 0.1) is 11.7 Å². The molecule has 1 aromatic rings. The number of oxime groups is 1. The number of benzene rings is 1. The van der Waals surface area contributed by atoms with Crippen molar-refractivity contribution in [1.29, 1.82) is 0 Å². The monoisotopic (exact) mass is 395 g/mol. The van der Waals surface area contributed by atoms with Crippen molar-refractivity contribution in [2.75, 3.05) is 13.2 Å². The molecule has 0 radical (unpaired) electrons. The largest absolute Gasteiger partial charge is 0.492 e. The summed E-state index contributed by atoms with van der Waals surface area (Å²) in [6.45, 7) is 0.262. The first-order valence-corrected chi connectivity index (χ1v) is 7.24. The smallest absolute Gasteiger partial charge is 0.162 e. The normalized spacial score (nSPS) is 22.8. The number of ether oxygens (including phenoxy) is 1. The molecule has 2 atom stereocenters. The van der Waals surface area contributed by atoms with E-state index in [4.69, 9.17) is 14.7 Å². The van der Waals surface area contributed by atoms with Crippen LogP contribution in [0.5, 0.6) is 5.75 Å². The van der Waals surface area contributed by atoms with E-state index in [1.54, 1.807) is 9.44 Å². The second kappa shape index (κ2) is 6.58. The minimum absolute atomic E-state index is 0.0667. The lowest BCUT2D eigenvalue weighted by Gasteiger charge is -2.24. The topological polar surface area (TPSA) is 51.0 Å². The number of aliphatic hydroxyl groups excluding tert-OH is 1. The first-order chi connectivity index (χ1) is 9.21. The Kier molecular flexibility index (Phi) is 5.06. The standard InChI is InChI=1S/C11H10FNO3.CHIS/c12-6-1-2-7-9(3-6)15-5-8-10(4-14)16-13-11(7)8;2-1-3/h1-3,8,10,14H,4-5H2;1H. The molecule has 0 spiro atoms. The summed E-state index contributed by atoms with van der Waals surface area (Å²) in [6.07, 6.45) is -0.354. The number of nitrogens with zero attached hydrogens (tertiary/aromatic N) is 1. The van der Waals surface area contributed by atoms with Crippen molar-refractivity contribution in [3.63, 3.8) is 0 Å². The van der Waals surface area contributed by atoms with E-state index in [1.165, 1.54) is 12.1 Å².